The molecular weight excluding hydrogens is 257 g/mol. The average Bonchev–Trinajstić information content (AvgIpc) is 2.34. The average molecular weight is 277 g/mol. The van der Waals surface area contributed by atoms with Crippen molar-refractivity contribution in [3.63, 3.8) is 0 Å². The molecule has 0 bridgehead atoms. The summed E-state index contributed by atoms with van der Waals surface area (Å²) in [4.78, 5) is 11.6. The minimum absolute atomic E-state index is 0.0451. The summed E-state index contributed by atoms with van der Waals surface area (Å²) in [5.74, 6) is -0.396. The first kappa shape index (κ1) is 16.1. The van der Waals surface area contributed by atoms with Gasteiger partial charge in [0.1, 0.15) is 5.82 Å². The number of halogens is 1. The van der Waals surface area contributed by atoms with Gasteiger partial charge in [-0.25, -0.2) is 4.39 Å². The molecule has 0 aromatic heterocycles. The van der Waals surface area contributed by atoms with Crippen molar-refractivity contribution in [2.24, 2.45) is 0 Å². The Balaban J connectivity index is 2.38. The molecule has 4 nitrogen and oxygen atoms in total. The van der Waals surface area contributed by atoms with Crippen LogP contribution in [0.2, 0.25) is 0 Å². The van der Waals surface area contributed by atoms with E-state index in [0.717, 1.165) is 0 Å². The molecule has 0 unspecified atom stereocenters. The second kappa shape index (κ2) is 7.01. The molecule has 0 saturated carbocycles. The molecule has 0 heterocycles. The van der Waals surface area contributed by atoms with E-state index < -0.39 is 0 Å². The lowest BCUT2D eigenvalue weighted by molar-refractivity contribution is -0.122. The quantitative estimate of drug-likeness (QED) is 0.810. The topological polar surface area (TPSA) is 64.9 Å². The fourth-order valence-electron chi connectivity index (χ4n) is 1.69. The fourth-order valence-corrected chi connectivity index (χ4v) is 1.69. The zero-order chi connectivity index (χ0) is 15.2. The number of nitrogens with zero attached hydrogens (tertiary/aromatic N) is 1. The van der Waals surface area contributed by atoms with Crippen LogP contribution >= 0.6 is 0 Å². The lowest BCUT2D eigenvalue weighted by Gasteiger charge is -2.20. The van der Waals surface area contributed by atoms with Crippen LogP contribution in [-0.4, -0.2) is 18.0 Å². The van der Waals surface area contributed by atoms with Crippen molar-refractivity contribution in [2.45, 2.75) is 39.3 Å². The van der Waals surface area contributed by atoms with Crippen molar-refractivity contribution in [3.8, 4) is 6.07 Å². The van der Waals surface area contributed by atoms with E-state index in [1.807, 2.05) is 26.8 Å². The summed E-state index contributed by atoms with van der Waals surface area (Å²) in [7, 11) is 0. The summed E-state index contributed by atoms with van der Waals surface area (Å²) in [5.41, 5.74) is 0.610. The van der Waals surface area contributed by atoms with Gasteiger partial charge in [-0.15, -0.1) is 0 Å². The fraction of sp³-hybridized carbons (Fsp3) is 0.467. The van der Waals surface area contributed by atoms with Crippen molar-refractivity contribution < 1.29 is 9.18 Å². The summed E-state index contributed by atoms with van der Waals surface area (Å²) in [6, 6.07) is 6.20. The Morgan fingerprint density at radius 1 is 1.40 bits per heavy atom. The number of rotatable bonds is 5. The number of nitriles is 1. The maximum Gasteiger partial charge on any atom is 0.221 e. The van der Waals surface area contributed by atoms with Gasteiger partial charge >= 0.3 is 0 Å². The Hall–Kier alpha value is -1.93. The maximum atomic E-state index is 13.5. The van der Waals surface area contributed by atoms with Crippen LogP contribution < -0.4 is 10.6 Å². The Labute approximate surface area is 119 Å². The molecule has 0 aliphatic rings. The zero-order valence-electron chi connectivity index (χ0n) is 12.1. The van der Waals surface area contributed by atoms with Crippen molar-refractivity contribution in [1.82, 2.24) is 10.6 Å². The number of amides is 1. The van der Waals surface area contributed by atoms with E-state index in [2.05, 4.69) is 10.6 Å². The van der Waals surface area contributed by atoms with Crippen molar-refractivity contribution in [3.05, 3.63) is 35.1 Å². The lowest BCUT2D eigenvalue weighted by Crippen LogP contribution is -2.41. The largest absolute Gasteiger partial charge is 0.351 e. The minimum Gasteiger partial charge on any atom is -0.351 e. The lowest BCUT2D eigenvalue weighted by atomic mass is 10.1. The van der Waals surface area contributed by atoms with E-state index in [1.165, 1.54) is 18.2 Å². The highest BCUT2D eigenvalue weighted by Gasteiger charge is 2.13. The van der Waals surface area contributed by atoms with Gasteiger partial charge in [0.2, 0.25) is 5.91 Å². The molecule has 0 radical (unpaired) electrons. The van der Waals surface area contributed by atoms with Crippen molar-refractivity contribution in [1.29, 1.82) is 5.26 Å². The Morgan fingerprint density at radius 3 is 2.70 bits per heavy atom. The molecule has 0 fully saturated rings. The van der Waals surface area contributed by atoms with Gasteiger partial charge < -0.3 is 10.6 Å². The molecule has 0 saturated heterocycles. The predicted molar refractivity (Wildman–Crippen MR) is 75.3 cm³/mol. The molecular formula is C15H20FN3O. The van der Waals surface area contributed by atoms with Gasteiger partial charge in [-0.05, 0) is 39.0 Å². The minimum atomic E-state index is -0.351. The van der Waals surface area contributed by atoms with Gasteiger partial charge in [-0.3, -0.25) is 4.79 Å². The van der Waals surface area contributed by atoms with E-state index in [-0.39, 0.29) is 17.3 Å². The van der Waals surface area contributed by atoms with E-state index in [0.29, 0.717) is 30.6 Å². The van der Waals surface area contributed by atoms with Gasteiger partial charge in [0.25, 0.3) is 0 Å². The van der Waals surface area contributed by atoms with Gasteiger partial charge in [0, 0.05) is 30.6 Å². The molecule has 1 rings (SSSR count). The van der Waals surface area contributed by atoms with Gasteiger partial charge in [-0.1, -0.05) is 0 Å². The number of benzene rings is 1. The summed E-state index contributed by atoms with van der Waals surface area (Å²) in [6.07, 6.45) is 0.330. The highest BCUT2D eigenvalue weighted by molar-refractivity contribution is 5.76. The Bertz CT molecular complexity index is 515. The molecule has 1 amide bonds. The third-order valence-corrected chi connectivity index (χ3v) is 2.53. The van der Waals surface area contributed by atoms with Crippen LogP contribution in [-0.2, 0) is 11.3 Å². The number of hydrogen-bond acceptors (Lipinski definition) is 3. The normalized spacial score (nSPS) is 10.9. The monoisotopic (exact) mass is 277 g/mol. The second-order valence-electron chi connectivity index (χ2n) is 5.64. The van der Waals surface area contributed by atoms with Gasteiger partial charge in [0.15, 0.2) is 0 Å². The van der Waals surface area contributed by atoms with Crippen LogP contribution in [0.25, 0.3) is 0 Å². The number of carbonyl (C=O) groups is 1. The molecule has 0 aliphatic heterocycles. The van der Waals surface area contributed by atoms with Crippen molar-refractivity contribution >= 4 is 5.91 Å². The van der Waals surface area contributed by atoms with Crippen molar-refractivity contribution in [2.75, 3.05) is 6.54 Å². The highest BCUT2D eigenvalue weighted by Crippen LogP contribution is 2.09. The van der Waals surface area contributed by atoms with Crippen LogP contribution in [0.15, 0.2) is 18.2 Å². The Kier molecular flexibility index (Phi) is 5.66. The Morgan fingerprint density at radius 2 is 2.10 bits per heavy atom. The van der Waals surface area contributed by atoms with Gasteiger partial charge in [0.05, 0.1) is 11.6 Å². The summed E-state index contributed by atoms with van der Waals surface area (Å²) in [5, 5.41) is 14.6. The first-order valence-electron chi connectivity index (χ1n) is 6.52. The first-order chi connectivity index (χ1) is 9.31. The molecule has 0 spiro atoms. The number of hydrogen-bond donors (Lipinski definition) is 2. The highest BCUT2D eigenvalue weighted by atomic mass is 19.1. The zero-order valence-corrected chi connectivity index (χ0v) is 12.1. The van der Waals surface area contributed by atoms with E-state index in [9.17, 15) is 9.18 Å². The summed E-state index contributed by atoms with van der Waals surface area (Å²) in [6.45, 7) is 6.51. The summed E-state index contributed by atoms with van der Waals surface area (Å²) >= 11 is 0. The maximum absolute atomic E-state index is 13.5. The molecule has 108 valence electrons. The smallest absolute Gasteiger partial charge is 0.221 e. The second-order valence-corrected chi connectivity index (χ2v) is 5.64. The summed E-state index contributed by atoms with van der Waals surface area (Å²) < 4.78 is 13.5. The molecule has 2 N–H and O–H groups in total. The SMILES string of the molecule is CC(C)(C)NC(=O)CCNCc1cc(C#N)ccc1F. The molecule has 0 aliphatic carbocycles. The van der Waals surface area contributed by atoms with Crippen LogP contribution in [0.4, 0.5) is 4.39 Å². The first-order valence-corrected chi connectivity index (χ1v) is 6.52. The van der Waals surface area contributed by atoms with Crippen LogP contribution in [0.5, 0.6) is 0 Å². The number of carbonyl (C=O) groups excluding carboxylic acids is 1. The van der Waals surface area contributed by atoms with E-state index in [1.54, 1.807) is 0 Å². The predicted octanol–water partition coefficient (Wildman–Crippen LogP) is 2.09. The van der Waals surface area contributed by atoms with E-state index in [4.69, 9.17) is 5.26 Å². The molecule has 1 aromatic carbocycles. The third kappa shape index (κ3) is 5.81. The third-order valence-electron chi connectivity index (χ3n) is 2.53. The van der Waals surface area contributed by atoms with Gasteiger partial charge in [-0.2, -0.15) is 5.26 Å². The van der Waals surface area contributed by atoms with Crippen LogP contribution in [0.3, 0.4) is 0 Å². The molecule has 1 aromatic rings. The van der Waals surface area contributed by atoms with Crippen LogP contribution in [0, 0.1) is 17.1 Å². The number of nitrogens with one attached hydrogen (secondary N) is 2. The van der Waals surface area contributed by atoms with Crippen LogP contribution in [0.1, 0.15) is 38.3 Å². The molecule has 20 heavy (non-hydrogen) atoms. The molecule has 5 heteroatoms. The van der Waals surface area contributed by atoms with E-state index >= 15 is 0 Å². The molecule has 0 atom stereocenters. The standard InChI is InChI=1S/C15H20FN3O/c1-15(2,3)19-14(20)6-7-18-10-12-8-11(9-17)4-5-13(12)16/h4-5,8,18H,6-7,10H2,1-3H3,(H,19,20).